The molecule has 2 aliphatic heterocycles. The van der Waals surface area contributed by atoms with Crippen LogP contribution in [0.25, 0.3) is 0 Å². The average molecular weight is 533 g/mol. The number of hydrogen-bond acceptors (Lipinski definition) is 4. The normalized spacial score (nSPS) is 23.7. The summed E-state index contributed by atoms with van der Waals surface area (Å²) in [5, 5.41) is 0. The third-order valence-electron chi connectivity index (χ3n) is 9.13. The lowest BCUT2D eigenvalue weighted by Crippen LogP contribution is -2.62. The zero-order valence-electron chi connectivity index (χ0n) is 27.2. The molecule has 38 heavy (non-hydrogen) atoms. The number of hydrogen-bond donors (Lipinski definition) is 0. The number of unbranched alkanes of at least 4 members (excludes halogenated alkanes) is 6. The summed E-state index contributed by atoms with van der Waals surface area (Å²) < 4.78 is 12.7. The molecule has 2 fully saturated rings. The van der Waals surface area contributed by atoms with Crippen molar-refractivity contribution >= 4 is 0 Å². The topological polar surface area (TPSA) is 24.9 Å². The van der Waals surface area contributed by atoms with Gasteiger partial charge in [-0.3, -0.25) is 9.80 Å². The monoisotopic (exact) mass is 532 g/mol. The molecular weight excluding hydrogens is 468 g/mol. The summed E-state index contributed by atoms with van der Waals surface area (Å²) in [6, 6.07) is 0. The molecule has 0 spiro atoms. The van der Waals surface area contributed by atoms with Gasteiger partial charge in [-0.25, -0.2) is 0 Å². The number of ether oxygens (including phenoxy) is 2. The van der Waals surface area contributed by atoms with Crippen molar-refractivity contribution < 1.29 is 9.47 Å². The largest absolute Gasteiger partial charge is 0.378 e. The van der Waals surface area contributed by atoms with Crippen molar-refractivity contribution in [2.45, 2.75) is 181 Å². The van der Waals surface area contributed by atoms with E-state index in [9.17, 15) is 0 Å². The molecule has 4 nitrogen and oxygen atoms in total. The van der Waals surface area contributed by atoms with E-state index in [0.29, 0.717) is 12.2 Å². The lowest BCUT2D eigenvalue weighted by Gasteiger charge is -2.55. The van der Waals surface area contributed by atoms with E-state index in [0.717, 1.165) is 52.0 Å². The van der Waals surface area contributed by atoms with E-state index in [1.54, 1.807) is 0 Å². The predicted octanol–water partition coefficient (Wildman–Crippen LogP) is 8.23. The molecule has 2 saturated heterocycles. The summed E-state index contributed by atoms with van der Waals surface area (Å²) in [4.78, 5) is 5.25. The van der Waals surface area contributed by atoms with Gasteiger partial charge in [0.2, 0.25) is 0 Å². The molecule has 0 radical (unpaired) electrons. The molecule has 2 aliphatic rings. The van der Waals surface area contributed by atoms with E-state index in [1.807, 2.05) is 0 Å². The van der Waals surface area contributed by atoms with E-state index in [-0.39, 0.29) is 22.2 Å². The Bertz CT molecular complexity index is 649. The van der Waals surface area contributed by atoms with E-state index >= 15 is 0 Å². The molecule has 0 unspecified atom stereocenters. The smallest absolute Gasteiger partial charge is 0.0611 e. The van der Waals surface area contributed by atoms with Crippen molar-refractivity contribution in [1.82, 2.24) is 9.80 Å². The zero-order chi connectivity index (χ0) is 28.5. The van der Waals surface area contributed by atoms with Crippen LogP contribution in [0.4, 0.5) is 0 Å². The van der Waals surface area contributed by atoms with E-state index in [4.69, 9.17) is 9.47 Å². The van der Waals surface area contributed by atoms with Crippen molar-refractivity contribution in [2.24, 2.45) is 0 Å². The second-order valence-electron chi connectivity index (χ2n) is 14.7. The van der Waals surface area contributed by atoms with Gasteiger partial charge in [0.1, 0.15) is 0 Å². The van der Waals surface area contributed by atoms with E-state index < -0.39 is 0 Å². The van der Waals surface area contributed by atoms with Crippen LogP contribution >= 0.6 is 0 Å². The van der Waals surface area contributed by atoms with Crippen molar-refractivity contribution in [3.63, 3.8) is 0 Å². The minimum atomic E-state index is 0.0792. The third-order valence-corrected chi connectivity index (χ3v) is 9.13. The molecule has 0 atom stereocenters. The van der Waals surface area contributed by atoms with Gasteiger partial charge in [-0.2, -0.15) is 0 Å². The summed E-state index contributed by atoms with van der Waals surface area (Å²) in [6.07, 6.45) is 15.2. The number of likely N-dealkylation sites (tertiary alicyclic amines) is 2. The summed E-state index contributed by atoms with van der Waals surface area (Å²) in [5.41, 5.74) is 0.317. The highest BCUT2D eigenvalue weighted by Crippen LogP contribution is 2.40. The Morgan fingerprint density at radius 3 is 1.13 bits per heavy atom. The van der Waals surface area contributed by atoms with Gasteiger partial charge in [-0.15, -0.1) is 0 Å². The number of nitrogens with zero attached hydrogens (tertiary/aromatic N) is 2. The highest BCUT2D eigenvalue weighted by atomic mass is 16.5. The molecule has 0 aromatic rings. The molecule has 0 N–H and O–H groups in total. The fourth-order valence-electron chi connectivity index (χ4n) is 7.37. The van der Waals surface area contributed by atoms with Crippen LogP contribution in [0.1, 0.15) is 146 Å². The lowest BCUT2D eigenvalue weighted by atomic mass is 9.78. The maximum atomic E-state index is 6.37. The first-order valence-electron chi connectivity index (χ1n) is 16.0. The minimum absolute atomic E-state index is 0.0792. The van der Waals surface area contributed by atoms with E-state index in [2.05, 4.69) is 90.9 Å². The van der Waals surface area contributed by atoms with Crippen LogP contribution in [0.2, 0.25) is 0 Å². The van der Waals surface area contributed by atoms with Crippen molar-refractivity contribution in [2.75, 3.05) is 26.3 Å². The van der Waals surface area contributed by atoms with E-state index in [1.165, 1.54) is 51.4 Å². The molecule has 0 aliphatic carbocycles. The molecule has 2 heterocycles. The molecule has 222 valence electrons. The quantitative estimate of drug-likeness (QED) is 0.166. The second kappa shape index (κ2) is 14.9. The Kier molecular flexibility index (Phi) is 13.1. The number of piperidine rings is 2. The standard InChI is InChI=1S/C34H64N2O2/c1-11-13-15-19-23-37-29-25-31(3,4)35(32(5,6)26-29)21-17-18-22-36-33(7,8)27-30(28-34(36,9)10)38-24-20-16-14-12-2/h29-30H,11-16,19-28H2,1-10H3. The first-order chi connectivity index (χ1) is 17.7. The highest BCUT2D eigenvalue weighted by molar-refractivity contribution is 5.12. The fourth-order valence-corrected chi connectivity index (χ4v) is 7.37. The van der Waals surface area contributed by atoms with Gasteiger partial charge in [0.25, 0.3) is 0 Å². The Balaban J connectivity index is 1.92. The highest BCUT2D eigenvalue weighted by Gasteiger charge is 2.46. The summed E-state index contributed by atoms with van der Waals surface area (Å²) >= 11 is 0. The molecule has 0 bridgehead atoms. The number of rotatable bonds is 14. The molecule has 0 saturated carbocycles. The van der Waals surface area contributed by atoms with Crippen LogP contribution in [0.5, 0.6) is 0 Å². The lowest BCUT2D eigenvalue weighted by molar-refractivity contribution is -0.0995. The SMILES string of the molecule is CCCCCCOC1CC(C)(C)N(CC#CCN2C(C)(C)CC(OCCCCCC)CC2(C)C)C(C)(C)C1. The third kappa shape index (κ3) is 10.1. The van der Waals surface area contributed by atoms with Crippen LogP contribution in [0, 0.1) is 11.8 Å². The Labute approximate surface area is 238 Å². The van der Waals surface area contributed by atoms with Gasteiger partial charge in [-0.05, 0) is 93.9 Å². The van der Waals surface area contributed by atoms with Gasteiger partial charge in [-0.1, -0.05) is 64.2 Å². The zero-order valence-corrected chi connectivity index (χ0v) is 27.2. The Morgan fingerprint density at radius 1 is 0.526 bits per heavy atom. The molecule has 2 rings (SSSR count). The Morgan fingerprint density at radius 2 is 0.842 bits per heavy atom. The van der Waals surface area contributed by atoms with Crippen LogP contribution in [0.3, 0.4) is 0 Å². The molecule has 4 heteroatoms. The minimum Gasteiger partial charge on any atom is -0.378 e. The maximum absolute atomic E-state index is 6.37. The van der Waals surface area contributed by atoms with Crippen LogP contribution < -0.4 is 0 Å². The molecule has 0 amide bonds. The second-order valence-corrected chi connectivity index (χ2v) is 14.7. The van der Waals surface area contributed by atoms with Crippen LogP contribution in [0.15, 0.2) is 0 Å². The van der Waals surface area contributed by atoms with Crippen molar-refractivity contribution in [3.8, 4) is 11.8 Å². The van der Waals surface area contributed by atoms with Gasteiger partial charge >= 0.3 is 0 Å². The predicted molar refractivity (Wildman–Crippen MR) is 164 cm³/mol. The van der Waals surface area contributed by atoms with Crippen LogP contribution in [-0.4, -0.2) is 70.5 Å². The average Bonchev–Trinajstić information content (AvgIpc) is 2.77. The molecule has 0 aromatic carbocycles. The van der Waals surface area contributed by atoms with Gasteiger partial charge < -0.3 is 9.47 Å². The van der Waals surface area contributed by atoms with Crippen molar-refractivity contribution in [3.05, 3.63) is 0 Å². The summed E-state index contributed by atoms with van der Waals surface area (Å²) in [7, 11) is 0. The fraction of sp³-hybridized carbons (Fsp3) is 0.941. The molecule has 0 aromatic heterocycles. The first kappa shape index (κ1) is 33.6. The van der Waals surface area contributed by atoms with Gasteiger partial charge in [0.15, 0.2) is 0 Å². The molecular formula is C34H64N2O2. The Hall–Kier alpha value is -0.600. The van der Waals surface area contributed by atoms with Crippen molar-refractivity contribution in [1.29, 1.82) is 0 Å². The maximum Gasteiger partial charge on any atom is 0.0611 e. The first-order valence-corrected chi connectivity index (χ1v) is 16.0. The van der Waals surface area contributed by atoms with Gasteiger partial charge in [0, 0.05) is 35.4 Å². The van der Waals surface area contributed by atoms with Gasteiger partial charge in [0.05, 0.1) is 25.3 Å². The summed E-state index contributed by atoms with van der Waals surface area (Å²) in [5.74, 6) is 7.20. The van der Waals surface area contributed by atoms with Crippen LogP contribution in [-0.2, 0) is 9.47 Å². The summed E-state index contributed by atoms with van der Waals surface area (Å²) in [6.45, 7) is 27.0.